The number of anilines is 1. The maximum Gasteiger partial charge on any atom is 0.418 e. The van der Waals surface area contributed by atoms with Gasteiger partial charge in [-0.1, -0.05) is 0 Å². The molecule has 21 heavy (non-hydrogen) atoms. The molecule has 0 aliphatic rings. The Kier molecular flexibility index (Phi) is 3.46. The van der Waals surface area contributed by atoms with Crippen LogP contribution in [-0.4, -0.2) is 15.0 Å². The van der Waals surface area contributed by atoms with Crippen LogP contribution in [0.5, 0.6) is 0 Å². The van der Waals surface area contributed by atoms with Crippen molar-refractivity contribution in [2.45, 2.75) is 12.7 Å². The molecule has 0 aliphatic heterocycles. The average Bonchev–Trinajstić information content (AvgIpc) is 2.93. The van der Waals surface area contributed by atoms with Crippen molar-refractivity contribution in [1.82, 2.24) is 15.0 Å². The van der Waals surface area contributed by atoms with Crippen molar-refractivity contribution in [3.05, 3.63) is 47.4 Å². The molecule has 108 valence electrons. The van der Waals surface area contributed by atoms with Gasteiger partial charge < -0.3 is 5.32 Å². The summed E-state index contributed by atoms with van der Waals surface area (Å²) in [6.07, 6.45) is -1.71. The van der Waals surface area contributed by atoms with E-state index < -0.39 is 11.7 Å². The van der Waals surface area contributed by atoms with Gasteiger partial charge in [-0.05, 0) is 23.6 Å². The Morgan fingerprint density at radius 3 is 2.81 bits per heavy atom. The summed E-state index contributed by atoms with van der Waals surface area (Å²) in [4.78, 5) is 11.9. The van der Waals surface area contributed by atoms with Crippen molar-refractivity contribution < 1.29 is 13.2 Å². The highest BCUT2D eigenvalue weighted by Gasteiger charge is 2.33. The lowest BCUT2D eigenvalue weighted by Gasteiger charge is -2.12. The molecule has 1 N–H and O–H groups in total. The number of hydrogen-bond acceptors (Lipinski definition) is 5. The first kappa shape index (κ1) is 13.7. The zero-order chi connectivity index (χ0) is 14.9. The smallest absolute Gasteiger partial charge is 0.363 e. The minimum Gasteiger partial charge on any atom is -0.363 e. The number of fused-ring (bicyclic) bond motifs is 1. The highest BCUT2D eigenvalue weighted by atomic mass is 32.1. The van der Waals surface area contributed by atoms with E-state index in [2.05, 4.69) is 20.3 Å². The maximum absolute atomic E-state index is 12.9. The summed E-state index contributed by atoms with van der Waals surface area (Å²) >= 11 is 1.43. The Balaban J connectivity index is 1.87. The second-order valence-corrected chi connectivity index (χ2v) is 5.12. The molecule has 3 heterocycles. The van der Waals surface area contributed by atoms with Crippen molar-refractivity contribution in [1.29, 1.82) is 0 Å². The van der Waals surface area contributed by atoms with Crippen LogP contribution in [0.3, 0.4) is 0 Å². The van der Waals surface area contributed by atoms with Gasteiger partial charge in [0, 0.05) is 6.20 Å². The van der Waals surface area contributed by atoms with Gasteiger partial charge in [-0.25, -0.2) is 9.97 Å². The average molecular weight is 310 g/mol. The molecule has 3 aromatic heterocycles. The molecule has 0 atom stereocenters. The predicted molar refractivity (Wildman–Crippen MR) is 74.0 cm³/mol. The fraction of sp³-hybridized carbons (Fsp3) is 0.154. The summed E-state index contributed by atoms with van der Waals surface area (Å²) in [5.74, 6) is 0.508. The fourth-order valence-electron chi connectivity index (χ4n) is 1.92. The van der Waals surface area contributed by atoms with Crippen molar-refractivity contribution in [3.8, 4) is 0 Å². The maximum atomic E-state index is 12.9. The number of nitrogens with zero attached hydrogens (tertiary/aromatic N) is 3. The molecule has 0 amide bonds. The van der Waals surface area contributed by atoms with Gasteiger partial charge in [-0.3, -0.25) is 4.98 Å². The van der Waals surface area contributed by atoms with Crippen LogP contribution in [-0.2, 0) is 12.7 Å². The van der Waals surface area contributed by atoms with Gasteiger partial charge in [0.05, 0.1) is 28.0 Å². The van der Waals surface area contributed by atoms with Crippen LogP contribution < -0.4 is 5.32 Å². The first-order chi connectivity index (χ1) is 10.1. The van der Waals surface area contributed by atoms with E-state index in [1.165, 1.54) is 29.9 Å². The van der Waals surface area contributed by atoms with Gasteiger partial charge in [0.1, 0.15) is 12.1 Å². The van der Waals surface area contributed by atoms with Crippen LogP contribution in [0.1, 0.15) is 11.3 Å². The molecule has 4 nitrogen and oxygen atoms in total. The molecule has 0 radical (unpaired) electrons. The predicted octanol–water partition coefficient (Wildman–Crippen LogP) is 3.72. The van der Waals surface area contributed by atoms with Crippen LogP contribution in [0.4, 0.5) is 19.0 Å². The lowest BCUT2D eigenvalue weighted by molar-refractivity contribution is -0.138. The second kappa shape index (κ2) is 5.28. The van der Waals surface area contributed by atoms with Gasteiger partial charge in [0.15, 0.2) is 0 Å². The number of thiophene rings is 1. The Morgan fingerprint density at radius 1 is 1.14 bits per heavy atom. The van der Waals surface area contributed by atoms with Gasteiger partial charge in [-0.15, -0.1) is 11.3 Å². The van der Waals surface area contributed by atoms with E-state index >= 15 is 0 Å². The zero-order valence-electron chi connectivity index (χ0n) is 10.6. The van der Waals surface area contributed by atoms with Crippen molar-refractivity contribution in [2.75, 3.05) is 5.32 Å². The summed E-state index contributed by atoms with van der Waals surface area (Å²) in [6, 6.07) is 4.12. The SMILES string of the molecule is FC(F)(F)c1cccnc1CNc1ncnc2ccsc12. The quantitative estimate of drug-likeness (QED) is 0.801. The molecule has 0 bridgehead atoms. The summed E-state index contributed by atoms with van der Waals surface area (Å²) < 4.78 is 39.5. The molecule has 0 spiro atoms. The highest BCUT2D eigenvalue weighted by molar-refractivity contribution is 7.17. The van der Waals surface area contributed by atoms with Gasteiger partial charge in [-0.2, -0.15) is 13.2 Å². The molecule has 3 rings (SSSR count). The summed E-state index contributed by atoms with van der Waals surface area (Å²) in [5, 5.41) is 4.75. The lowest BCUT2D eigenvalue weighted by Crippen LogP contribution is -2.13. The topological polar surface area (TPSA) is 50.7 Å². The molecule has 0 fully saturated rings. The number of aromatic nitrogens is 3. The van der Waals surface area contributed by atoms with E-state index in [0.29, 0.717) is 5.82 Å². The highest BCUT2D eigenvalue weighted by Crippen LogP contribution is 2.31. The Hall–Kier alpha value is -2.22. The Morgan fingerprint density at radius 2 is 2.00 bits per heavy atom. The summed E-state index contributed by atoms with van der Waals surface area (Å²) in [7, 11) is 0. The third-order valence-electron chi connectivity index (χ3n) is 2.86. The lowest BCUT2D eigenvalue weighted by atomic mass is 10.2. The fourth-order valence-corrected chi connectivity index (χ4v) is 2.73. The van der Waals surface area contributed by atoms with E-state index in [0.717, 1.165) is 16.3 Å². The van der Waals surface area contributed by atoms with Crippen molar-refractivity contribution in [2.24, 2.45) is 0 Å². The summed E-state index contributed by atoms with van der Waals surface area (Å²) in [5.41, 5.74) is -0.0446. The number of halogens is 3. The van der Waals surface area contributed by atoms with Gasteiger partial charge in [0.2, 0.25) is 0 Å². The summed E-state index contributed by atoms with van der Waals surface area (Å²) in [6.45, 7) is -0.0559. The second-order valence-electron chi connectivity index (χ2n) is 4.21. The number of hydrogen-bond donors (Lipinski definition) is 1. The van der Waals surface area contributed by atoms with Crippen LogP contribution in [0.15, 0.2) is 36.1 Å². The third-order valence-corrected chi connectivity index (χ3v) is 3.77. The van der Waals surface area contributed by atoms with Crippen LogP contribution in [0.2, 0.25) is 0 Å². The van der Waals surface area contributed by atoms with Crippen molar-refractivity contribution >= 4 is 27.4 Å². The Labute approximate surface area is 121 Å². The van der Waals surface area contributed by atoms with Gasteiger partial charge >= 0.3 is 6.18 Å². The van der Waals surface area contributed by atoms with Crippen LogP contribution >= 0.6 is 11.3 Å². The first-order valence-electron chi connectivity index (χ1n) is 5.99. The molecular formula is C13H9F3N4S. The molecule has 8 heteroatoms. The minimum atomic E-state index is -4.42. The molecule has 3 aromatic rings. The van der Waals surface area contributed by atoms with E-state index in [1.54, 1.807) is 0 Å². The number of nitrogens with one attached hydrogen (secondary N) is 1. The monoisotopic (exact) mass is 310 g/mol. The van der Waals surface area contributed by atoms with E-state index in [-0.39, 0.29) is 12.2 Å². The number of rotatable bonds is 3. The normalized spacial score (nSPS) is 11.8. The van der Waals surface area contributed by atoms with E-state index in [4.69, 9.17) is 0 Å². The number of alkyl halides is 3. The Bertz CT molecular complexity index is 769. The first-order valence-corrected chi connectivity index (χ1v) is 6.87. The third kappa shape index (κ3) is 2.80. The molecule has 0 aliphatic carbocycles. The van der Waals surface area contributed by atoms with E-state index in [9.17, 15) is 13.2 Å². The molecule has 0 saturated carbocycles. The van der Waals surface area contributed by atoms with Crippen molar-refractivity contribution in [3.63, 3.8) is 0 Å². The standard InChI is InChI=1S/C13H9F3N4S/c14-13(15,16)8-2-1-4-17-10(8)6-18-12-11-9(3-5-21-11)19-7-20-12/h1-5,7H,6H2,(H,18,19,20). The molecule has 0 aromatic carbocycles. The number of pyridine rings is 1. The minimum absolute atomic E-state index is 0.0559. The van der Waals surface area contributed by atoms with Crippen LogP contribution in [0.25, 0.3) is 10.2 Å². The molecule has 0 unspecified atom stereocenters. The molecular weight excluding hydrogens is 301 g/mol. The van der Waals surface area contributed by atoms with Gasteiger partial charge in [0.25, 0.3) is 0 Å². The zero-order valence-corrected chi connectivity index (χ0v) is 11.4. The molecule has 0 saturated heterocycles. The van der Waals surface area contributed by atoms with Crippen LogP contribution in [0, 0.1) is 0 Å². The van der Waals surface area contributed by atoms with E-state index in [1.807, 2.05) is 11.4 Å². The largest absolute Gasteiger partial charge is 0.418 e.